The van der Waals surface area contributed by atoms with Crippen molar-refractivity contribution in [3.8, 4) is 5.75 Å². The summed E-state index contributed by atoms with van der Waals surface area (Å²) >= 11 is 0. The number of nitrogens with zero attached hydrogens (tertiary/aromatic N) is 5. The van der Waals surface area contributed by atoms with E-state index >= 15 is 0 Å². The van der Waals surface area contributed by atoms with Crippen LogP contribution in [0.1, 0.15) is 34.6 Å². The number of hydrogen-bond acceptors (Lipinski definition) is 9. The predicted molar refractivity (Wildman–Crippen MR) is 175 cm³/mol. The fourth-order valence-corrected chi connectivity index (χ4v) is 5.83. The average Bonchev–Trinajstić information content (AvgIpc) is 2.96. The molecule has 0 unspecified atom stereocenters. The molecule has 2 aromatic rings. The number of anilines is 1. The van der Waals surface area contributed by atoms with Gasteiger partial charge in [-0.15, -0.1) is 0 Å². The molecule has 1 heterocycles. The lowest BCUT2D eigenvalue weighted by Crippen LogP contribution is -2.56. The van der Waals surface area contributed by atoms with E-state index in [4.69, 9.17) is 9.47 Å². The highest BCUT2D eigenvalue weighted by atomic mass is 32.2. The molecule has 1 aliphatic heterocycles. The number of sulfonamides is 1. The highest BCUT2D eigenvalue weighted by Gasteiger charge is 2.29. The number of amides is 3. The van der Waals surface area contributed by atoms with Crippen molar-refractivity contribution in [3.63, 3.8) is 0 Å². The zero-order chi connectivity index (χ0) is 33.5. The molecule has 14 heteroatoms. The molecule has 45 heavy (non-hydrogen) atoms. The van der Waals surface area contributed by atoms with Gasteiger partial charge in [-0.1, -0.05) is 24.3 Å². The molecule has 3 amide bonds. The number of nitrogens with one attached hydrogen (secondary N) is 1. The molecule has 0 bridgehead atoms. The highest BCUT2D eigenvalue weighted by molar-refractivity contribution is 7.88. The molecule has 250 valence electrons. The number of rotatable bonds is 12. The smallest absolute Gasteiger partial charge is 0.410 e. The van der Waals surface area contributed by atoms with E-state index in [-0.39, 0.29) is 57.1 Å². The third-order valence-electron chi connectivity index (χ3n) is 7.44. The number of methoxy groups -OCH3 is 1. The summed E-state index contributed by atoms with van der Waals surface area (Å²) in [5, 5.41) is 8.03. The Kier molecular flexibility index (Phi) is 12.0. The topological polar surface area (TPSA) is 132 Å². The fraction of sp³-hybridized carbons (Fsp3) is 0.581. The van der Waals surface area contributed by atoms with Gasteiger partial charge >= 0.3 is 6.09 Å². The number of fused-ring (bicyclic) bond motifs is 1. The van der Waals surface area contributed by atoms with E-state index in [1.54, 1.807) is 42.6 Å². The summed E-state index contributed by atoms with van der Waals surface area (Å²) in [6.45, 7) is 10.6. The first-order chi connectivity index (χ1) is 21.0. The van der Waals surface area contributed by atoms with E-state index in [1.165, 1.54) is 22.7 Å². The molecule has 1 N–H and O–H groups in total. The Labute approximate surface area is 267 Å². The van der Waals surface area contributed by atoms with Crippen LogP contribution in [-0.4, -0.2) is 130 Å². The zero-order valence-corrected chi connectivity index (χ0v) is 28.5. The van der Waals surface area contributed by atoms with Gasteiger partial charge in [0.1, 0.15) is 11.4 Å². The van der Waals surface area contributed by atoms with Crippen LogP contribution >= 0.6 is 0 Å². The van der Waals surface area contributed by atoms with Crippen LogP contribution in [0, 0.1) is 0 Å². The van der Waals surface area contributed by atoms with Crippen LogP contribution in [0.15, 0.2) is 36.4 Å². The van der Waals surface area contributed by atoms with Crippen molar-refractivity contribution in [1.82, 2.24) is 24.5 Å². The van der Waals surface area contributed by atoms with Crippen molar-refractivity contribution in [1.29, 1.82) is 0 Å². The maximum atomic E-state index is 13.6. The molecule has 2 aromatic carbocycles. The molecule has 1 fully saturated rings. The third kappa shape index (κ3) is 10.2. The highest BCUT2D eigenvalue weighted by Crippen LogP contribution is 2.33. The number of likely N-dealkylation sites (N-methyl/N-ethyl adjacent to an activating group) is 1. The first-order valence-electron chi connectivity index (χ1n) is 15.0. The summed E-state index contributed by atoms with van der Waals surface area (Å²) < 4.78 is 36.5. The predicted octanol–water partition coefficient (Wildman–Crippen LogP) is 2.37. The van der Waals surface area contributed by atoms with E-state index < -0.39 is 21.7 Å². The second-order valence-corrected chi connectivity index (χ2v) is 14.4. The third-order valence-corrected chi connectivity index (χ3v) is 8.75. The maximum absolute atomic E-state index is 13.6. The quantitative estimate of drug-likeness (QED) is 0.369. The van der Waals surface area contributed by atoms with E-state index in [0.29, 0.717) is 24.5 Å². The number of carbonyl (C=O) groups is 3. The van der Waals surface area contributed by atoms with Gasteiger partial charge in [0.25, 0.3) is 5.91 Å². The van der Waals surface area contributed by atoms with Gasteiger partial charge in [0.05, 0.1) is 32.1 Å². The van der Waals surface area contributed by atoms with Gasteiger partial charge in [-0.25, -0.2) is 18.2 Å². The van der Waals surface area contributed by atoms with Gasteiger partial charge in [0.2, 0.25) is 15.9 Å². The van der Waals surface area contributed by atoms with Crippen molar-refractivity contribution in [2.75, 3.05) is 77.7 Å². The second kappa shape index (κ2) is 15.1. The minimum Gasteiger partial charge on any atom is -0.495 e. The molecule has 3 rings (SSSR count). The Balaban J connectivity index is 1.77. The Morgan fingerprint density at radius 2 is 1.60 bits per heavy atom. The number of benzene rings is 2. The van der Waals surface area contributed by atoms with Gasteiger partial charge in [-0.3, -0.25) is 14.6 Å². The fourth-order valence-electron chi connectivity index (χ4n) is 5.00. The molecule has 1 aliphatic rings. The minimum absolute atomic E-state index is 0.137. The summed E-state index contributed by atoms with van der Waals surface area (Å²) in [7, 11) is -0.128. The van der Waals surface area contributed by atoms with Crippen LogP contribution in [0.2, 0.25) is 0 Å². The summed E-state index contributed by atoms with van der Waals surface area (Å²) in [6, 6.07) is 11.4. The van der Waals surface area contributed by atoms with E-state index in [9.17, 15) is 22.8 Å². The number of ether oxygens (including phenoxy) is 2. The lowest BCUT2D eigenvalue weighted by Gasteiger charge is -2.39. The first kappa shape index (κ1) is 35.9. The van der Waals surface area contributed by atoms with Crippen LogP contribution < -0.4 is 15.0 Å². The molecule has 0 saturated carbocycles. The molecular weight excluding hydrogens is 600 g/mol. The second-order valence-electron chi connectivity index (χ2n) is 12.4. The molecule has 0 aromatic heterocycles. The van der Waals surface area contributed by atoms with Gasteiger partial charge < -0.3 is 24.6 Å². The lowest BCUT2D eigenvalue weighted by atomic mass is 10.1. The van der Waals surface area contributed by atoms with Crippen molar-refractivity contribution in [2.24, 2.45) is 0 Å². The van der Waals surface area contributed by atoms with Crippen LogP contribution in [0.3, 0.4) is 0 Å². The van der Waals surface area contributed by atoms with E-state index in [2.05, 4.69) is 5.32 Å². The minimum atomic E-state index is -3.31. The van der Waals surface area contributed by atoms with Crippen LogP contribution in [-0.2, 0) is 24.3 Å². The average molecular weight is 649 g/mol. The van der Waals surface area contributed by atoms with Gasteiger partial charge in [0, 0.05) is 52.4 Å². The van der Waals surface area contributed by atoms with Crippen LogP contribution in [0.5, 0.6) is 5.75 Å². The van der Waals surface area contributed by atoms with Crippen LogP contribution in [0.4, 0.5) is 10.5 Å². The van der Waals surface area contributed by atoms with Crippen molar-refractivity contribution >= 4 is 44.4 Å². The molecule has 0 spiro atoms. The molecule has 0 atom stereocenters. The SMILES string of the molecule is COc1cc2ccccc2cc1N(CC(=O)NCCN(C(=O)OC(C)(C)C)C(C)C)CC(=O)N(C)N1CCN(S(C)(=O)=O)CC1. The maximum Gasteiger partial charge on any atom is 0.410 e. The van der Waals surface area contributed by atoms with Crippen LogP contribution in [0.25, 0.3) is 10.8 Å². The monoisotopic (exact) mass is 648 g/mol. The number of piperazine rings is 1. The van der Waals surface area contributed by atoms with Gasteiger partial charge in [-0.05, 0) is 57.5 Å². The Morgan fingerprint density at radius 3 is 2.13 bits per heavy atom. The molecule has 0 radical (unpaired) electrons. The Bertz CT molecular complexity index is 1450. The van der Waals surface area contributed by atoms with Crippen molar-refractivity contribution < 1.29 is 32.3 Å². The summed E-state index contributed by atoms with van der Waals surface area (Å²) in [5.74, 6) is -0.105. The molecule has 1 saturated heterocycles. The van der Waals surface area contributed by atoms with E-state index in [0.717, 1.165) is 10.8 Å². The number of hydrogen-bond donors (Lipinski definition) is 1. The van der Waals surface area contributed by atoms with Crippen molar-refractivity contribution in [2.45, 2.75) is 46.3 Å². The Morgan fingerprint density at radius 1 is 1.00 bits per heavy atom. The zero-order valence-electron chi connectivity index (χ0n) is 27.7. The summed E-state index contributed by atoms with van der Waals surface area (Å²) in [6.07, 6.45) is 0.718. The summed E-state index contributed by atoms with van der Waals surface area (Å²) in [5.41, 5.74) is -0.0685. The Hall–Kier alpha value is -3.62. The van der Waals surface area contributed by atoms with E-state index in [1.807, 2.05) is 50.2 Å². The molecule has 0 aliphatic carbocycles. The van der Waals surface area contributed by atoms with Gasteiger partial charge in [-0.2, -0.15) is 4.31 Å². The summed E-state index contributed by atoms with van der Waals surface area (Å²) in [4.78, 5) is 42.8. The number of carbonyl (C=O) groups excluding carboxylic acids is 3. The molecular formula is C31H48N6O7S. The first-order valence-corrected chi connectivity index (χ1v) is 16.9. The standard InChI is InChI=1S/C31H48N6O7S/c1-23(2)37(30(40)44-31(3,4)5)14-13-32-28(38)21-34(26-19-24-11-9-10-12-25(24)20-27(26)43-7)22-29(39)33(6)35-15-17-36(18-16-35)45(8,41)42/h9-12,19-20,23H,13-18,21-22H2,1-8H3,(H,32,38). The lowest BCUT2D eigenvalue weighted by molar-refractivity contribution is -0.146. The normalized spacial score (nSPS) is 14.7. The largest absolute Gasteiger partial charge is 0.495 e. The number of hydrazine groups is 1. The van der Waals surface area contributed by atoms with Crippen molar-refractivity contribution in [3.05, 3.63) is 36.4 Å². The molecule has 13 nitrogen and oxygen atoms in total. The van der Waals surface area contributed by atoms with Gasteiger partial charge in [0.15, 0.2) is 0 Å².